The molecule has 0 spiro atoms. The number of hydrogen-bond donors (Lipinski definition) is 2. The van der Waals surface area contributed by atoms with E-state index in [-0.39, 0.29) is 36.5 Å². The van der Waals surface area contributed by atoms with E-state index in [4.69, 9.17) is 13.6 Å². The second-order valence-electron chi connectivity index (χ2n) is 16.3. The van der Waals surface area contributed by atoms with Crippen molar-refractivity contribution in [2.45, 2.75) is 57.7 Å². The van der Waals surface area contributed by atoms with E-state index in [1.54, 1.807) is 26.4 Å². The highest BCUT2D eigenvalue weighted by molar-refractivity contribution is 6.23. The van der Waals surface area contributed by atoms with Gasteiger partial charge in [-0.1, -0.05) is 0 Å². The molecule has 3 saturated heterocycles. The molecule has 6 heterocycles. The number of nitrogens with zero attached hydrogens (tertiary/aromatic N) is 6. The zero-order valence-corrected chi connectivity index (χ0v) is 34.4. The third kappa shape index (κ3) is 7.85. The number of nitrogens with one attached hydrogen (secondary N) is 2. The number of anilines is 1. The van der Waals surface area contributed by atoms with Crippen LogP contribution < -0.4 is 30.6 Å². The summed E-state index contributed by atoms with van der Waals surface area (Å²) in [7, 11) is 4.71. The molecule has 1 aromatic heterocycles. The average molecular weight is 826 g/mol. The first kappa shape index (κ1) is 37.3. The summed E-state index contributed by atoms with van der Waals surface area (Å²) in [5.74, 6) is -0.267. The van der Waals surface area contributed by atoms with Gasteiger partial charge in [0.15, 0.2) is 0 Å². The Kier molecular flexibility index (Phi) is 10.6. The number of pyridine rings is 1. The summed E-state index contributed by atoms with van der Waals surface area (Å²) in [6.45, 7) is 4.42. The molecule has 2 N–H and O–H groups in total. The molecule has 5 aliphatic rings. The van der Waals surface area contributed by atoms with E-state index in [1.807, 2.05) is 18.2 Å². The lowest BCUT2D eigenvalue weighted by molar-refractivity contribution is -0.136. The number of aromatic nitrogens is 1. The first-order chi connectivity index (χ1) is 30.2. The maximum absolute atomic E-state index is 13.5. The highest BCUT2D eigenvalue weighted by Gasteiger charge is 2.45. The molecule has 1 unspecified atom stereocenters. The largest absolute Gasteiger partial charge is 0.496 e. The summed E-state index contributed by atoms with van der Waals surface area (Å²) in [4.78, 5) is 86.2. The number of amides is 6. The van der Waals surface area contributed by atoms with Crippen LogP contribution in [0.4, 0.5) is 10.5 Å². The Labute approximate surface area is 353 Å². The Morgan fingerprint density at radius 1 is 0.833 bits per heavy atom. The number of benzene rings is 2. The number of piperidine rings is 2. The molecule has 0 bridgehead atoms. The fourth-order valence-corrected chi connectivity index (χ4v) is 9.44. The summed E-state index contributed by atoms with van der Waals surface area (Å²) in [5, 5.41) is 4.83. The number of urea groups is 1. The Hall–Kier alpha value is -5.74. The maximum atomic E-state index is 13.5. The number of methoxy groups -OCH3 is 2. The van der Waals surface area contributed by atoms with Crippen LogP contribution in [0, 0.1) is 5.92 Å². The highest BCUT2D eigenvalue weighted by Crippen LogP contribution is 2.39. The number of ether oxygens (including phenoxy) is 2. The Balaban J connectivity index is 0.861. The number of aryl methyl sites for hydroxylation is 1. The normalized spacial score (nSPS) is 21.2. The zero-order chi connectivity index (χ0) is 44.7. The van der Waals surface area contributed by atoms with Gasteiger partial charge in [-0.2, -0.15) is 0 Å². The van der Waals surface area contributed by atoms with Crippen LogP contribution in [0.15, 0.2) is 41.3 Å². The van der Waals surface area contributed by atoms with Gasteiger partial charge in [0.2, 0.25) is 11.8 Å². The van der Waals surface area contributed by atoms with Crippen LogP contribution in [0.25, 0.3) is 11.1 Å². The van der Waals surface area contributed by atoms with Crippen molar-refractivity contribution < 1.29 is 37.6 Å². The number of fused-ring (bicyclic) bond motifs is 2. The van der Waals surface area contributed by atoms with Gasteiger partial charge < -0.3 is 34.1 Å². The van der Waals surface area contributed by atoms with E-state index in [9.17, 15) is 28.8 Å². The van der Waals surface area contributed by atoms with E-state index in [0.717, 1.165) is 85.8 Å². The molecule has 3 fully saturated rings. The van der Waals surface area contributed by atoms with Crippen LogP contribution in [0.3, 0.4) is 0 Å². The molecule has 16 nitrogen and oxygen atoms in total. The lowest BCUT2D eigenvalue weighted by Crippen LogP contribution is -2.54. The number of carbonyl (C=O) groups excluding carboxylic acids is 5. The minimum Gasteiger partial charge on any atom is -0.496 e. The van der Waals surface area contributed by atoms with Crippen molar-refractivity contribution >= 4 is 35.3 Å². The Bertz CT molecular complexity index is 2360. The minimum absolute atomic E-state index is 0.00279. The first-order valence-corrected chi connectivity index (χ1v) is 20.7. The molecule has 8 rings (SSSR count). The summed E-state index contributed by atoms with van der Waals surface area (Å²) < 4.78 is 36.9. The number of imide groups is 2. The summed E-state index contributed by atoms with van der Waals surface area (Å²) in [6, 6.07) is 7.73. The lowest BCUT2D eigenvalue weighted by Gasteiger charge is -2.37. The molecular weight excluding hydrogens is 769 g/mol. The van der Waals surface area contributed by atoms with Crippen molar-refractivity contribution in [2.75, 3.05) is 78.5 Å². The van der Waals surface area contributed by atoms with Crippen LogP contribution in [0.2, 0.25) is 0 Å². The predicted molar refractivity (Wildman–Crippen MR) is 223 cm³/mol. The molecule has 0 aliphatic carbocycles. The molecule has 2 aromatic carbocycles. The van der Waals surface area contributed by atoms with Gasteiger partial charge in [-0.15, -0.1) is 0 Å². The van der Waals surface area contributed by atoms with Crippen molar-refractivity contribution in [1.29, 1.82) is 0 Å². The molecule has 1 atom stereocenters. The van der Waals surface area contributed by atoms with Gasteiger partial charge >= 0.3 is 6.03 Å². The first-order valence-electron chi connectivity index (χ1n) is 22.2. The minimum atomic E-state index is -2.73. The van der Waals surface area contributed by atoms with Crippen LogP contribution in [-0.4, -0.2) is 133 Å². The van der Waals surface area contributed by atoms with Gasteiger partial charge in [0.1, 0.15) is 17.5 Å². The molecule has 16 heteroatoms. The second kappa shape index (κ2) is 17.1. The quantitative estimate of drug-likeness (QED) is 0.289. The average Bonchev–Trinajstić information content (AvgIpc) is 3.53. The summed E-state index contributed by atoms with van der Waals surface area (Å²) >= 11 is 0. The predicted octanol–water partition coefficient (Wildman–Crippen LogP) is 2.59. The van der Waals surface area contributed by atoms with Crippen LogP contribution >= 0.6 is 0 Å². The van der Waals surface area contributed by atoms with E-state index in [2.05, 4.69) is 25.3 Å². The van der Waals surface area contributed by atoms with E-state index >= 15 is 0 Å². The lowest BCUT2D eigenvalue weighted by atomic mass is 9.91. The number of hydrogen-bond acceptors (Lipinski definition) is 11. The molecule has 0 saturated carbocycles. The topological polar surface area (TPSA) is 166 Å². The van der Waals surface area contributed by atoms with Crippen molar-refractivity contribution in [1.82, 2.24) is 34.8 Å². The van der Waals surface area contributed by atoms with Crippen molar-refractivity contribution in [3.63, 3.8) is 0 Å². The summed E-state index contributed by atoms with van der Waals surface area (Å²) in [5.41, 5.74) is 3.91. The Morgan fingerprint density at radius 3 is 2.20 bits per heavy atom. The molecule has 6 amide bonds. The SMILES string of the molecule is [2H]C([2H])([2H])n1cc(-c2cc(OC)c(CN3CCN(CCC4CCN(c5ccc6c(c5)C(=O)N(C5CCC(=O)NC5=O)C6=O)CC4)CC3)c(OC)c2)c2c(c1=O)CN(C(=O)NC)CC2. The van der Waals surface area contributed by atoms with E-state index < -0.39 is 42.2 Å². The smallest absolute Gasteiger partial charge is 0.317 e. The monoisotopic (exact) mass is 825 g/mol. The number of piperazine rings is 1. The zero-order valence-electron chi connectivity index (χ0n) is 37.4. The fraction of sp³-hybridized carbons (Fsp3) is 0.500. The van der Waals surface area contributed by atoms with Crippen LogP contribution in [-0.2, 0) is 36.1 Å². The fourth-order valence-electron chi connectivity index (χ4n) is 9.44. The molecule has 318 valence electrons. The third-order valence-corrected chi connectivity index (χ3v) is 12.9. The van der Waals surface area contributed by atoms with E-state index in [0.29, 0.717) is 59.2 Å². The molecule has 60 heavy (non-hydrogen) atoms. The van der Waals surface area contributed by atoms with Gasteiger partial charge in [0, 0.05) is 99.9 Å². The Morgan fingerprint density at radius 2 is 1.53 bits per heavy atom. The van der Waals surface area contributed by atoms with Gasteiger partial charge in [0.05, 0.1) is 37.5 Å². The van der Waals surface area contributed by atoms with Crippen molar-refractivity contribution in [3.05, 3.63) is 74.7 Å². The number of rotatable bonds is 10. The molecular formula is C44H54N8O8. The van der Waals surface area contributed by atoms with Gasteiger partial charge in [-0.3, -0.25) is 39.1 Å². The van der Waals surface area contributed by atoms with Crippen LogP contribution in [0.5, 0.6) is 11.5 Å². The second-order valence-corrected chi connectivity index (χ2v) is 16.3. The third-order valence-electron chi connectivity index (χ3n) is 12.9. The van der Waals surface area contributed by atoms with Crippen molar-refractivity contribution in [2.24, 2.45) is 12.9 Å². The van der Waals surface area contributed by atoms with Crippen LogP contribution in [0.1, 0.15) is 73.6 Å². The molecule has 5 aliphatic heterocycles. The van der Waals surface area contributed by atoms with Crippen molar-refractivity contribution in [3.8, 4) is 22.6 Å². The molecule has 0 radical (unpaired) electrons. The maximum Gasteiger partial charge on any atom is 0.317 e. The van der Waals surface area contributed by atoms with Gasteiger partial charge in [-0.05, 0) is 86.0 Å². The highest BCUT2D eigenvalue weighted by atomic mass is 16.5. The van der Waals surface area contributed by atoms with Gasteiger partial charge in [0.25, 0.3) is 17.4 Å². The molecule has 3 aromatic rings. The standard InChI is InChI=1S/C44H54N8O8/c1-45-44(58)51-16-12-30-33(24-47(2)41(55)34(30)26-51)28-21-37(59-3)35(38(22-28)60-4)25-49-19-17-48(18-20-49)13-9-27-10-14-50(15-11-27)29-5-6-31-32(23-29)43(57)52(42(31)56)36-7-8-39(53)46-40(36)54/h5-6,21-24,27,36H,7-20,25-26H2,1-4H3,(H,45,58)(H,46,53,54)/i2D3. The van der Waals surface area contributed by atoms with E-state index in [1.165, 1.54) is 18.1 Å². The number of carbonyl (C=O) groups is 5. The summed E-state index contributed by atoms with van der Waals surface area (Å²) in [6.07, 6.45) is 5.08. The van der Waals surface area contributed by atoms with Gasteiger partial charge in [-0.25, -0.2) is 4.79 Å².